The van der Waals surface area contributed by atoms with Gasteiger partial charge in [-0.25, -0.2) is 4.98 Å². The van der Waals surface area contributed by atoms with Gasteiger partial charge in [-0.1, -0.05) is 11.6 Å². The molecular weight excluding hydrogens is 256 g/mol. The third-order valence-corrected chi connectivity index (χ3v) is 3.57. The third-order valence-electron chi connectivity index (χ3n) is 2.01. The van der Waals surface area contributed by atoms with Crippen LogP contribution >= 0.6 is 23.4 Å². The van der Waals surface area contributed by atoms with E-state index in [1.807, 2.05) is 0 Å². The first-order valence-electron chi connectivity index (χ1n) is 5.55. The van der Waals surface area contributed by atoms with E-state index >= 15 is 0 Å². The molecule has 0 aliphatic carbocycles. The summed E-state index contributed by atoms with van der Waals surface area (Å²) in [6.07, 6.45) is 1.30. The minimum absolute atomic E-state index is 0.0221. The molecule has 1 aromatic rings. The molecule has 0 amide bonds. The molecule has 0 bridgehead atoms. The number of hydrogen-bond donors (Lipinski definition) is 2. The van der Waals surface area contributed by atoms with E-state index in [1.165, 1.54) is 11.8 Å². The number of aromatic nitrogens is 1. The van der Waals surface area contributed by atoms with Gasteiger partial charge in [0, 0.05) is 24.0 Å². The first-order valence-corrected chi connectivity index (χ1v) is 6.91. The lowest BCUT2D eigenvalue weighted by Gasteiger charge is -2.22. The van der Waals surface area contributed by atoms with Crippen LogP contribution in [0.4, 0.5) is 0 Å². The van der Waals surface area contributed by atoms with Crippen LogP contribution in [0.15, 0.2) is 23.4 Å². The topological polar surface area (TPSA) is 45.1 Å². The lowest BCUT2D eigenvalue weighted by atomic mass is 10.1. The first-order chi connectivity index (χ1) is 7.88. The predicted molar refractivity (Wildman–Crippen MR) is 73.7 cm³/mol. The van der Waals surface area contributed by atoms with Crippen molar-refractivity contribution in [3.8, 4) is 0 Å². The second-order valence-corrected chi connectivity index (χ2v) is 6.30. The van der Waals surface area contributed by atoms with Crippen molar-refractivity contribution in [2.24, 2.45) is 0 Å². The van der Waals surface area contributed by atoms with Gasteiger partial charge in [-0.05, 0) is 32.9 Å². The average Bonchev–Trinajstić information content (AvgIpc) is 2.24. The van der Waals surface area contributed by atoms with Crippen LogP contribution < -0.4 is 5.32 Å². The number of β-amino-alcohol motifs (C(OH)–C–C–N with tert-alkyl or cyclic N) is 1. The predicted octanol–water partition coefficient (Wildman–Crippen LogP) is 2.58. The summed E-state index contributed by atoms with van der Waals surface area (Å²) in [5.74, 6) is 0.583. The van der Waals surface area contributed by atoms with Crippen LogP contribution in [0.25, 0.3) is 0 Å². The van der Waals surface area contributed by atoms with Gasteiger partial charge in [0.25, 0.3) is 0 Å². The van der Waals surface area contributed by atoms with E-state index < -0.39 is 6.10 Å². The minimum atomic E-state index is -0.405. The highest BCUT2D eigenvalue weighted by atomic mass is 35.5. The molecule has 3 nitrogen and oxygen atoms in total. The monoisotopic (exact) mass is 274 g/mol. The summed E-state index contributed by atoms with van der Waals surface area (Å²) in [6.45, 7) is 6.79. The molecule has 1 aromatic heterocycles. The molecule has 0 spiro atoms. The Bertz CT molecular complexity index is 355. The summed E-state index contributed by atoms with van der Waals surface area (Å²) < 4.78 is 0. The van der Waals surface area contributed by atoms with Crippen molar-refractivity contribution >= 4 is 23.4 Å². The molecule has 96 valence electrons. The Labute approximate surface area is 112 Å². The van der Waals surface area contributed by atoms with Crippen LogP contribution in [0, 0.1) is 0 Å². The Balaban J connectivity index is 2.34. The van der Waals surface area contributed by atoms with Crippen LogP contribution in [0.5, 0.6) is 0 Å². The van der Waals surface area contributed by atoms with Crippen LogP contribution in [-0.4, -0.2) is 34.0 Å². The quantitative estimate of drug-likeness (QED) is 0.810. The normalized spacial score (nSPS) is 13.7. The number of thioether (sulfide) groups is 1. The summed E-state index contributed by atoms with van der Waals surface area (Å²) in [6, 6.07) is 3.60. The van der Waals surface area contributed by atoms with Crippen molar-refractivity contribution in [1.82, 2.24) is 10.3 Å². The van der Waals surface area contributed by atoms with Gasteiger partial charge in [0.1, 0.15) is 5.03 Å². The van der Waals surface area contributed by atoms with Crippen molar-refractivity contribution in [3.05, 3.63) is 23.4 Å². The molecule has 0 aliphatic heterocycles. The van der Waals surface area contributed by atoms with E-state index in [0.29, 0.717) is 17.3 Å². The number of aliphatic hydroxyl groups excluding tert-OH is 1. The smallest absolute Gasteiger partial charge is 0.115 e. The molecular formula is C12H19ClN2OS. The summed E-state index contributed by atoms with van der Waals surface area (Å²) in [7, 11) is 0. The van der Waals surface area contributed by atoms with Gasteiger partial charge in [0.15, 0.2) is 0 Å². The maximum absolute atomic E-state index is 9.81. The zero-order valence-corrected chi connectivity index (χ0v) is 12.0. The van der Waals surface area contributed by atoms with Crippen LogP contribution in [-0.2, 0) is 0 Å². The summed E-state index contributed by atoms with van der Waals surface area (Å²) in [5, 5.41) is 14.5. The summed E-state index contributed by atoms with van der Waals surface area (Å²) >= 11 is 7.45. The van der Waals surface area contributed by atoms with Crippen molar-refractivity contribution in [1.29, 1.82) is 0 Å². The largest absolute Gasteiger partial charge is 0.391 e. The van der Waals surface area contributed by atoms with Gasteiger partial charge in [-0.15, -0.1) is 11.8 Å². The van der Waals surface area contributed by atoms with Crippen molar-refractivity contribution in [2.45, 2.75) is 37.4 Å². The Morgan fingerprint density at radius 1 is 1.53 bits per heavy atom. The standard InChI is InChI=1S/C12H19ClN2OS/c1-12(2,3)15-7-9(16)8-17-11-10(13)5-4-6-14-11/h4-6,9,15-16H,7-8H2,1-3H3. The zero-order chi connectivity index (χ0) is 12.9. The molecule has 0 fully saturated rings. The van der Waals surface area contributed by atoms with Crippen molar-refractivity contribution < 1.29 is 5.11 Å². The fourth-order valence-electron chi connectivity index (χ4n) is 1.14. The van der Waals surface area contributed by atoms with E-state index in [4.69, 9.17) is 11.6 Å². The van der Waals surface area contributed by atoms with Gasteiger partial charge >= 0.3 is 0 Å². The van der Waals surface area contributed by atoms with Gasteiger partial charge in [0.05, 0.1) is 11.1 Å². The lowest BCUT2D eigenvalue weighted by molar-refractivity contribution is 0.183. The van der Waals surface area contributed by atoms with Gasteiger partial charge in [-0.3, -0.25) is 0 Å². The van der Waals surface area contributed by atoms with Crippen molar-refractivity contribution in [3.63, 3.8) is 0 Å². The van der Waals surface area contributed by atoms with Crippen molar-refractivity contribution in [2.75, 3.05) is 12.3 Å². The number of halogens is 1. The maximum atomic E-state index is 9.81. The molecule has 17 heavy (non-hydrogen) atoms. The second-order valence-electron chi connectivity index (χ2n) is 4.89. The SMILES string of the molecule is CC(C)(C)NCC(O)CSc1ncccc1Cl. The first kappa shape index (κ1) is 14.8. The number of nitrogens with zero attached hydrogens (tertiary/aromatic N) is 1. The number of rotatable bonds is 5. The van der Waals surface area contributed by atoms with Gasteiger partial charge < -0.3 is 10.4 Å². The number of hydrogen-bond acceptors (Lipinski definition) is 4. The lowest BCUT2D eigenvalue weighted by Crippen LogP contribution is -2.41. The molecule has 2 N–H and O–H groups in total. The molecule has 0 aromatic carbocycles. The molecule has 1 unspecified atom stereocenters. The molecule has 1 heterocycles. The van der Waals surface area contributed by atoms with Crippen LogP contribution in [0.3, 0.4) is 0 Å². The van der Waals surface area contributed by atoms with E-state index in [2.05, 4.69) is 31.1 Å². The molecule has 5 heteroatoms. The van der Waals surface area contributed by atoms with E-state index in [0.717, 1.165) is 5.03 Å². The van der Waals surface area contributed by atoms with E-state index in [1.54, 1.807) is 18.3 Å². The second kappa shape index (κ2) is 6.59. The molecule has 0 saturated heterocycles. The Morgan fingerprint density at radius 2 is 2.24 bits per heavy atom. The Morgan fingerprint density at radius 3 is 2.82 bits per heavy atom. The molecule has 0 radical (unpaired) electrons. The molecule has 0 aliphatic rings. The maximum Gasteiger partial charge on any atom is 0.115 e. The van der Waals surface area contributed by atoms with Gasteiger partial charge in [0.2, 0.25) is 0 Å². The Kier molecular flexibility index (Phi) is 5.73. The number of aliphatic hydroxyl groups is 1. The van der Waals surface area contributed by atoms with Gasteiger partial charge in [-0.2, -0.15) is 0 Å². The fraction of sp³-hybridized carbons (Fsp3) is 0.583. The number of pyridine rings is 1. The minimum Gasteiger partial charge on any atom is -0.391 e. The number of nitrogens with one attached hydrogen (secondary N) is 1. The van der Waals surface area contributed by atoms with Crippen LogP contribution in [0.1, 0.15) is 20.8 Å². The average molecular weight is 275 g/mol. The van der Waals surface area contributed by atoms with E-state index in [-0.39, 0.29) is 5.54 Å². The Hall–Kier alpha value is -0.290. The fourth-order valence-corrected chi connectivity index (χ4v) is 2.23. The summed E-state index contributed by atoms with van der Waals surface area (Å²) in [4.78, 5) is 4.16. The van der Waals surface area contributed by atoms with Crippen LogP contribution in [0.2, 0.25) is 5.02 Å². The zero-order valence-electron chi connectivity index (χ0n) is 10.4. The molecule has 0 saturated carbocycles. The highest BCUT2D eigenvalue weighted by Crippen LogP contribution is 2.24. The summed E-state index contributed by atoms with van der Waals surface area (Å²) in [5.41, 5.74) is 0.0221. The molecule has 1 rings (SSSR count). The van der Waals surface area contributed by atoms with E-state index in [9.17, 15) is 5.11 Å². The molecule has 1 atom stereocenters. The third kappa shape index (κ3) is 6.27. The highest BCUT2D eigenvalue weighted by molar-refractivity contribution is 7.99. The highest BCUT2D eigenvalue weighted by Gasteiger charge is 2.13.